The minimum Gasteiger partial charge on any atom is -0.481 e. The van der Waals surface area contributed by atoms with Crippen LogP contribution in [0.3, 0.4) is 0 Å². The van der Waals surface area contributed by atoms with Gasteiger partial charge in [-0.25, -0.2) is 0 Å². The lowest BCUT2D eigenvalue weighted by molar-refractivity contribution is -0.143. The molecule has 7 amide bonds. The Labute approximate surface area is 438 Å². The molecule has 1 aliphatic rings. The van der Waals surface area contributed by atoms with Gasteiger partial charge < -0.3 is 87.1 Å². The van der Waals surface area contributed by atoms with Crippen LogP contribution in [0.2, 0.25) is 0 Å². The Balaban J connectivity index is 2.23. The first-order valence-corrected chi connectivity index (χ1v) is 25.9. The molecule has 22 N–H and O–H groups in total. The number of unbranched alkanes of at least 4 members (excludes halogenated alkanes) is 2. The number of benzene rings is 1. The molecule has 0 spiro atoms. The maximum Gasteiger partial charge on any atom is 0.306 e. The molecule has 1 aromatic rings. The molecule has 0 saturated carbocycles. The molecule has 0 radical (unpaired) electrons. The van der Waals surface area contributed by atoms with E-state index in [0.29, 0.717) is 63.6 Å². The van der Waals surface area contributed by atoms with Crippen molar-refractivity contribution in [2.75, 3.05) is 45.8 Å². The second-order valence-electron chi connectivity index (χ2n) is 19.0. The number of hydrogen-bond donors (Lipinski definition) is 15. The summed E-state index contributed by atoms with van der Waals surface area (Å²) in [5, 5.41) is 35.7. The average Bonchev–Trinajstić information content (AvgIpc) is 3.87. The molecule has 1 aliphatic heterocycles. The van der Waals surface area contributed by atoms with Crippen LogP contribution in [0.5, 0.6) is 0 Å². The third-order valence-corrected chi connectivity index (χ3v) is 12.8. The van der Waals surface area contributed by atoms with Gasteiger partial charge in [0.2, 0.25) is 41.4 Å². The summed E-state index contributed by atoms with van der Waals surface area (Å²) >= 11 is 0. The van der Waals surface area contributed by atoms with Gasteiger partial charge in [0.25, 0.3) is 0 Å². The molecule has 75 heavy (non-hydrogen) atoms. The fourth-order valence-electron chi connectivity index (χ4n) is 8.45. The van der Waals surface area contributed by atoms with Gasteiger partial charge in [0, 0.05) is 32.5 Å². The molecule has 0 aliphatic carbocycles. The molecule has 1 aromatic carbocycles. The van der Waals surface area contributed by atoms with Crippen LogP contribution in [0, 0.1) is 12.8 Å². The number of carbonyl (C=O) groups excluding carboxylic acids is 8. The van der Waals surface area contributed by atoms with Crippen molar-refractivity contribution in [1.82, 2.24) is 36.8 Å². The number of aliphatic hydroxyl groups is 1. The standard InChI is InChI=1S/C49H85N15O11/c1-29-11-7-12-31(25-29)26-36(44(70)61-34(15-4-6-21-51)38(65)19-18-32(48(74)75)13-9-23-57-49(55)56)62-45(71)37-17-10-24-64(37)47(73)35(16-8-22-52)60-40(67)28-58-42(68)30(2)59-46(72)41(39(66)27-53)63-43(69)33(54)14-3-5-20-50/h7,11-12,25,30,32-37,39,41,66H,3-6,8-10,13-24,26-28,50-54H2,1-2H3,(H,58,68)(H,59,72)(H,60,67)(H,61,70)(H,62,71)(H,63,69)(H,74,75)(H4,55,56,57)/t30-,32?,33-,34-,35+,36?,37-,39-,41-/m0/s1. The van der Waals surface area contributed by atoms with Gasteiger partial charge in [0.1, 0.15) is 30.2 Å². The molecule has 1 heterocycles. The number of aryl methyl sites for hydroxylation is 1. The Morgan fingerprint density at radius 1 is 0.747 bits per heavy atom. The number of amides is 7. The topological polar surface area (TPSA) is 464 Å². The van der Waals surface area contributed by atoms with Crippen molar-refractivity contribution in [1.29, 1.82) is 0 Å². The highest BCUT2D eigenvalue weighted by atomic mass is 16.4. The fraction of sp³-hybridized carbons (Fsp3) is 0.673. The normalized spacial score (nSPS) is 16.4. The van der Waals surface area contributed by atoms with E-state index < -0.39 is 115 Å². The Bertz CT molecular complexity index is 2060. The van der Waals surface area contributed by atoms with Crippen molar-refractivity contribution < 1.29 is 53.4 Å². The lowest BCUT2D eigenvalue weighted by atomic mass is 9.93. The first-order valence-electron chi connectivity index (χ1n) is 25.9. The van der Waals surface area contributed by atoms with Gasteiger partial charge in [-0.15, -0.1) is 0 Å². The number of rotatable bonds is 37. The van der Waals surface area contributed by atoms with E-state index in [9.17, 15) is 53.4 Å². The van der Waals surface area contributed by atoms with Crippen LogP contribution in [-0.2, 0) is 49.6 Å². The van der Waals surface area contributed by atoms with Crippen molar-refractivity contribution in [2.45, 2.75) is 159 Å². The van der Waals surface area contributed by atoms with Gasteiger partial charge in [-0.3, -0.25) is 48.1 Å². The number of carboxylic acid groups (broad SMARTS) is 1. The van der Waals surface area contributed by atoms with Gasteiger partial charge in [0.15, 0.2) is 11.7 Å². The number of Topliss-reactive ketones (excluding diaryl/α,β-unsaturated/α-hetero) is 1. The molecular formula is C49H85N15O11. The Kier molecular flexibility index (Phi) is 30.3. The third-order valence-electron chi connectivity index (χ3n) is 12.8. The van der Waals surface area contributed by atoms with Crippen LogP contribution in [-0.4, -0.2) is 168 Å². The molecule has 1 saturated heterocycles. The summed E-state index contributed by atoms with van der Waals surface area (Å²) in [6, 6.07) is -1.02. The minimum atomic E-state index is -1.55. The molecule has 0 bridgehead atoms. The number of hydrogen-bond acceptors (Lipinski definition) is 16. The van der Waals surface area contributed by atoms with E-state index in [-0.39, 0.29) is 82.7 Å². The molecule has 26 nitrogen and oxygen atoms in total. The maximum absolute atomic E-state index is 14.3. The first kappa shape index (κ1) is 64.8. The molecule has 26 heteroatoms. The van der Waals surface area contributed by atoms with Crippen LogP contribution in [0.15, 0.2) is 29.3 Å². The fourth-order valence-corrected chi connectivity index (χ4v) is 8.45. The lowest BCUT2D eigenvalue weighted by Gasteiger charge is -2.30. The molecule has 1 fully saturated rings. The monoisotopic (exact) mass is 1060 g/mol. The number of likely N-dealkylation sites (tertiary alicyclic amines) is 1. The summed E-state index contributed by atoms with van der Waals surface area (Å²) in [5.74, 6) is -7.63. The van der Waals surface area contributed by atoms with Gasteiger partial charge in [-0.1, -0.05) is 36.2 Å². The van der Waals surface area contributed by atoms with Crippen LogP contribution < -0.4 is 72.0 Å². The van der Waals surface area contributed by atoms with E-state index >= 15 is 0 Å². The summed E-state index contributed by atoms with van der Waals surface area (Å²) in [6.07, 6.45) is 2.64. The number of nitrogens with one attached hydrogen (secondary N) is 6. The van der Waals surface area contributed by atoms with E-state index in [1.807, 2.05) is 19.1 Å². The number of nitrogens with zero attached hydrogens (tertiary/aromatic N) is 2. The number of nitrogens with two attached hydrogens (primary N) is 7. The number of carboxylic acids is 1. The predicted molar refractivity (Wildman–Crippen MR) is 280 cm³/mol. The average molecular weight is 1060 g/mol. The Morgan fingerprint density at radius 3 is 2.04 bits per heavy atom. The first-order chi connectivity index (χ1) is 35.7. The highest BCUT2D eigenvalue weighted by Gasteiger charge is 2.39. The minimum absolute atomic E-state index is 0.00783. The largest absolute Gasteiger partial charge is 0.481 e. The summed E-state index contributed by atoms with van der Waals surface area (Å²) in [7, 11) is 0. The molecule has 0 aromatic heterocycles. The van der Waals surface area contributed by atoms with Crippen molar-refractivity contribution in [3.05, 3.63) is 35.4 Å². The SMILES string of the molecule is Cc1cccc(CC(NC(=O)[C@@H]2CCCN2C(=O)[C@@H](CCCN)NC(=O)CNC(=O)[C@H](C)NC(=O)[C@@H](NC(=O)[C@@H](N)CCCCN)[C@@H](O)CN)C(=O)N[C@@H](CCCCN)C(=O)CCC(CCCN=C(N)N)C(=O)O)c1. The van der Waals surface area contributed by atoms with Gasteiger partial charge >= 0.3 is 5.97 Å². The number of aliphatic carboxylic acids is 1. The number of ketones is 1. The second kappa shape index (κ2) is 35.0. The molecule has 2 unspecified atom stereocenters. The number of aliphatic hydroxyl groups excluding tert-OH is 1. The molecule has 9 atom stereocenters. The number of aliphatic imine (C=N–C) groups is 1. The Morgan fingerprint density at radius 2 is 1.41 bits per heavy atom. The summed E-state index contributed by atoms with van der Waals surface area (Å²) < 4.78 is 0. The zero-order valence-corrected chi connectivity index (χ0v) is 43.6. The maximum atomic E-state index is 14.3. The number of carbonyl (C=O) groups is 9. The van der Waals surface area contributed by atoms with Crippen molar-refractivity contribution in [3.63, 3.8) is 0 Å². The zero-order valence-electron chi connectivity index (χ0n) is 43.6. The van der Waals surface area contributed by atoms with E-state index in [1.54, 1.807) is 12.1 Å². The summed E-state index contributed by atoms with van der Waals surface area (Å²) in [5.41, 5.74) is 40.9. The quantitative estimate of drug-likeness (QED) is 0.0171. The Hall–Kier alpha value is -6.32. The van der Waals surface area contributed by atoms with Gasteiger partial charge in [-0.05, 0) is 116 Å². The zero-order chi connectivity index (χ0) is 56.0. The highest BCUT2D eigenvalue weighted by molar-refractivity contribution is 5.97. The van der Waals surface area contributed by atoms with E-state index in [1.165, 1.54) is 11.8 Å². The van der Waals surface area contributed by atoms with Crippen LogP contribution in [0.25, 0.3) is 0 Å². The van der Waals surface area contributed by atoms with Crippen molar-refractivity contribution in [2.24, 2.45) is 51.0 Å². The van der Waals surface area contributed by atoms with Crippen molar-refractivity contribution in [3.8, 4) is 0 Å². The second-order valence-corrected chi connectivity index (χ2v) is 19.0. The molecule has 2 rings (SSSR count). The lowest BCUT2D eigenvalue weighted by Crippen LogP contribution is -2.60. The van der Waals surface area contributed by atoms with Crippen LogP contribution in [0.4, 0.5) is 0 Å². The van der Waals surface area contributed by atoms with E-state index in [4.69, 9.17) is 40.1 Å². The highest BCUT2D eigenvalue weighted by Crippen LogP contribution is 2.21. The smallest absolute Gasteiger partial charge is 0.306 e. The molecule has 422 valence electrons. The number of guanidine groups is 1. The predicted octanol–water partition coefficient (Wildman–Crippen LogP) is -4.16. The summed E-state index contributed by atoms with van der Waals surface area (Å²) in [6.45, 7) is 3.39. The van der Waals surface area contributed by atoms with Crippen LogP contribution >= 0.6 is 0 Å². The van der Waals surface area contributed by atoms with E-state index in [0.717, 1.165) is 5.56 Å². The van der Waals surface area contributed by atoms with Gasteiger partial charge in [0.05, 0.1) is 30.7 Å². The third kappa shape index (κ3) is 23.8. The van der Waals surface area contributed by atoms with E-state index in [2.05, 4.69) is 36.9 Å². The van der Waals surface area contributed by atoms with Crippen LogP contribution in [0.1, 0.15) is 108 Å². The molecular weight excluding hydrogens is 975 g/mol. The van der Waals surface area contributed by atoms with Gasteiger partial charge in [-0.2, -0.15) is 0 Å². The summed E-state index contributed by atoms with van der Waals surface area (Å²) in [4.78, 5) is 126. The van der Waals surface area contributed by atoms with Crippen molar-refractivity contribution >= 4 is 59.1 Å².